The van der Waals surface area contributed by atoms with E-state index in [0.29, 0.717) is 12.8 Å². The molecule has 10 heteroatoms. The highest BCUT2D eigenvalue weighted by molar-refractivity contribution is 7.47. The van der Waals surface area contributed by atoms with Crippen LogP contribution in [0.4, 0.5) is 0 Å². The highest BCUT2D eigenvalue weighted by Gasteiger charge is 2.25. The molecule has 0 fully saturated rings. The molecule has 0 heterocycles. The van der Waals surface area contributed by atoms with Crippen LogP contribution in [0.15, 0.2) is 60.8 Å². The molecule has 0 aromatic rings. The molecule has 0 aromatic heterocycles. The lowest BCUT2D eigenvalue weighted by Gasteiger charge is -2.19. The summed E-state index contributed by atoms with van der Waals surface area (Å²) in [4.78, 5) is 34.7. The lowest BCUT2D eigenvalue weighted by molar-refractivity contribution is -0.161. The molecule has 49 heavy (non-hydrogen) atoms. The van der Waals surface area contributed by atoms with E-state index in [9.17, 15) is 19.0 Å². The maximum Gasteiger partial charge on any atom is 0.472 e. The lowest BCUT2D eigenvalue weighted by atomic mass is 10.1. The maximum atomic E-state index is 12.5. The van der Waals surface area contributed by atoms with Crippen LogP contribution in [-0.4, -0.2) is 49.3 Å². The van der Waals surface area contributed by atoms with Crippen LogP contribution in [-0.2, 0) is 32.7 Å². The van der Waals surface area contributed by atoms with E-state index in [0.717, 1.165) is 64.2 Å². The normalized spacial score (nSPS) is 14.1. The van der Waals surface area contributed by atoms with Crippen molar-refractivity contribution < 1.29 is 37.6 Å². The minimum Gasteiger partial charge on any atom is -0.462 e. The SMILES string of the molecule is CC/C=C/C=C/C=C/C=C/CCCCCCCC(=O)O[C@H](COC(=O)CCCCC/C=C/CCCCCCCC)COP(=O)(O)OCCN. The summed E-state index contributed by atoms with van der Waals surface area (Å²) < 4.78 is 32.6. The largest absolute Gasteiger partial charge is 0.472 e. The Morgan fingerprint density at radius 2 is 1.14 bits per heavy atom. The van der Waals surface area contributed by atoms with Gasteiger partial charge in [-0.25, -0.2) is 4.57 Å². The molecule has 0 saturated heterocycles. The van der Waals surface area contributed by atoms with Crippen LogP contribution in [0.1, 0.15) is 142 Å². The van der Waals surface area contributed by atoms with Crippen molar-refractivity contribution in [3.63, 3.8) is 0 Å². The summed E-state index contributed by atoms with van der Waals surface area (Å²) in [7, 11) is -4.38. The van der Waals surface area contributed by atoms with E-state index < -0.39 is 32.5 Å². The van der Waals surface area contributed by atoms with Gasteiger partial charge in [-0.05, 0) is 57.8 Å². The van der Waals surface area contributed by atoms with Crippen molar-refractivity contribution in [3.8, 4) is 0 Å². The van der Waals surface area contributed by atoms with Crippen molar-refractivity contribution in [2.75, 3.05) is 26.4 Å². The Kier molecular flexibility index (Phi) is 33.9. The Morgan fingerprint density at radius 1 is 0.633 bits per heavy atom. The van der Waals surface area contributed by atoms with Crippen LogP contribution < -0.4 is 5.73 Å². The molecular weight excluding hydrogens is 641 g/mol. The van der Waals surface area contributed by atoms with Gasteiger partial charge >= 0.3 is 19.8 Å². The zero-order valence-corrected chi connectivity index (χ0v) is 31.5. The molecule has 0 aliphatic rings. The fourth-order valence-corrected chi connectivity index (χ4v) is 5.46. The number of phosphoric acid groups is 1. The zero-order valence-electron chi connectivity index (χ0n) is 30.7. The topological polar surface area (TPSA) is 134 Å². The van der Waals surface area contributed by atoms with Gasteiger partial charge in [-0.3, -0.25) is 18.6 Å². The van der Waals surface area contributed by atoms with Crippen molar-refractivity contribution in [3.05, 3.63) is 60.8 Å². The molecule has 282 valence electrons. The first-order valence-corrected chi connectivity index (χ1v) is 20.3. The molecule has 0 aromatic carbocycles. The molecule has 0 saturated carbocycles. The third-order valence-corrected chi connectivity index (χ3v) is 8.47. The first-order valence-electron chi connectivity index (χ1n) is 18.8. The van der Waals surface area contributed by atoms with Gasteiger partial charge in [-0.15, -0.1) is 0 Å². The lowest BCUT2D eigenvalue weighted by Crippen LogP contribution is -2.29. The Morgan fingerprint density at radius 3 is 1.76 bits per heavy atom. The van der Waals surface area contributed by atoms with E-state index in [2.05, 4.69) is 44.2 Å². The average Bonchev–Trinajstić information content (AvgIpc) is 3.08. The van der Waals surface area contributed by atoms with E-state index in [1.807, 2.05) is 30.4 Å². The molecule has 2 atom stereocenters. The minimum atomic E-state index is -4.38. The summed E-state index contributed by atoms with van der Waals surface area (Å²) in [5, 5.41) is 0. The number of esters is 2. The predicted molar refractivity (Wildman–Crippen MR) is 201 cm³/mol. The van der Waals surface area contributed by atoms with Gasteiger partial charge in [0.25, 0.3) is 0 Å². The van der Waals surface area contributed by atoms with Gasteiger partial charge in [0.15, 0.2) is 6.10 Å². The van der Waals surface area contributed by atoms with E-state index in [1.165, 1.54) is 38.5 Å². The van der Waals surface area contributed by atoms with E-state index in [-0.39, 0.29) is 32.6 Å². The zero-order chi connectivity index (χ0) is 36.1. The Balaban J connectivity index is 4.32. The Hall–Kier alpha value is -2.29. The van der Waals surface area contributed by atoms with Gasteiger partial charge in [0.05, 0.1) is 13.2 Å². The summed E-state index contributed by atoms with van der Waals surface area (Å²) in [6, 6.07) is 0. The van der Waals surface area contributed by atoms with Crippen LogP contribution in [0.3, 0.4) is 0 Å². The average molecular weight is 710 g/mol. The second-order valence-electron chi connectivity index (χ2n) is 12.1. The second-order valence-corrected chi connectivity index (χ2v) is 13.6. The molecule has 3 N–H and O–H groups in total. The standard InChI is InChI=1S/C39H68NO8P/c1-3-5-7-9-11-13-15-17-18-20-22-24-26-28-30-32-39(42)48-37(36-47-49(43,44)46-34-33-40)35-45-38(41)31-29-27-25-23-21-19-16-14-12-10-8-6-4-2/h5,7,9,11,13,15,17-19,21,37H,3-4,6,8,10,12,14,16,20,22-36,40H2,1-2H3,(H,43,44)/b7-5+,11-9+,15-13+,18-17+,21-19+/t37-/m1/s1. The number of hydrogen-bond donors (Lipinski definition) is 2. The van der Waals surface area contributed by atoms with E-state index in [1.54, 1.807) is 0 Å². The van der Waals surface area contributed by atoms with Crippen LogP contribution >= 0.6 is 7.82 Å². The van der Waals surface area contributed by atoms with Crippen LogP contribution in [0.5, 0.6) is 0 Å². The van der Waals surface area contributed by atoms with Crippen molar-refractivity contribution in [1.29, 1.82) is 0 Å². The molecule has 0 aliphatic heterocycles. The van der Waals surface area contributed by atoms with E-state index in [4.69, 9.17) is 24.3 Å². The first-order chi connectivity index (χ1) is 23.8. The highest BCUT2D eigenvalue weighted by atomic mass is 31.2. The Bertz CT molecular complexity index is 992. The van der Waals surface area contributed by atoms with Gasteiger partial charge in [0, 0.05) is 19.4 Å². The second kappa shape index (κ2) is 35.5. The maximum absolute atomic E-state index is 12.5. The van der Waals surface area contributed by atoms with Crippen LogP contribution in [0.2, 0.25) is 0 Å². The number of unbranched alkanes of at least 4 members (excludes halogenated alkanes) is 14. The highest BCUT2D eigenvalue weighted by Crippen LogP contribution is 2.43. The summed E-state index contributed by atoms with van der Waals surface area (Å²) in [6.45, 7) is 3.51. The van der Waals surface area contributed by atoms with Crippen molar-refractivity contribution in [2.24, 2.45) is 5.73 Å². The van der Waals surface area contributed by atoms with Crippen LogP contribution in [0, 0.1) is 0 Å². The number of allylic oxidation sites excluding steroid dienone is 10. The number of carbonyl (C=O) groups is 2. The molecule has 9 nitrogen and oxygen atoms in total. The summed E-state index contributed by atoms with van der Waals surface area (Å²) in [5.74, 6) is -0.882. The minimum absolute atomic E-state index is 0.0444. The number of ether oxygens (including phenoxy) is 2. The smallest absolute Gasteiger partial charge is 0.462 e. The van der Waals surface area contributed by atoms with Gasteiger partial charge < -0.3 is 20.1 Å². The number of carbonyl (C=O) groups excluding carboxylic acids is 2. The van der Waals surface area contributed by atoms with Gasteiger partial charge in [0.2, 0.25) is 0 Å². The van der Waals surface area contributed by atoms with Crippen molar-refractivity contribution in [2.45, 2.75) is 148 Å². The fourth-order valence-electron chi connectivity index (χ4n) is 4.70. The molecular formula is C39H68NO8P. The van der Waals surface area contributed by atoms with Gasteiger partial charge in [-0.2, -0.15) is 0 Å². The third-order valence-electron chi connectivity index (χ3n) is 7.48. The predicted octanol–water partition coefficient (Wildman–Crippen LogP) is 10.2. The summed E-state index contributed by atoms with van der Waals surface area (Å²) >= 11 is 0. The van der Waals surface area contributed by atoms with Crippen molar-refractivity contribution >= 4 is 19.8 Å². The number of hydrogen-bond acceptors (Lipinski definition) is 8. The molecule has 0 radical (unpaired) electrons. The number of rotatable bonds is 34. The first kappa shape index (κ1) is 46.7. The summed E-state index contributed by atoms with van der Waals surface area (Å²) in [6.07, 6.45) is 39.6. The molecule has 0 aliphatic carbocycles. The third kappa shape index (κ3) is 35.3. The fraction of sp³-hybridized carbons (Fsp3) is 0.692. The van der Waals surface area contributed by atoms with Gasteiger partial charge in [-0.1, -0.05) is 132 Å². The number of phosphoric ester groups is 1. The monoisotopic (exact) mass is 709 g/mol. The Labute approximate surface area is 298 Å². The van der Waals surface area contributed by atoms with Crippen molar-refractivity contribution in [1.82, 2.24) is 0 Å². The van der Waals surface area contributed by atoms with E-state index >= 15 is 0 Å². The molecule has 0 rings (SSSR count). The van der Waals surface area contributed by atoms with Crippen LogP contribution in [0.25, 0.3) is 0 Å². The quantitative estimate of drug-likeness (QED) is 0.0220. The molecule has 1 unspecified atom stereocenters. The number of nitrogens with two attached hydrogens (primary N) is 1. The summed E-state index contributed by atoms with van der Waals surface area (Å²) in [5.41, 5.74) is 5.32. The van der Waals surface area contributed by atoms with Gasteiger partial charge in [0.1, 0.15) is 6.61 Å². The molecule has 0 bridgehead atoms. The molecule has 0 amide bonds. The molecule has 0 spiro atoms.